The second-order valence-electron chi connectivity index (χ2n) is 10.8. The Kier molecular flexibility index (Phi) is 9.15. The van der Waals surface area contributed by atoms with Crippen LogP contribution >= 0.6 is 0 Å². The van der Waals surface area contributed by atoms with E-state index in [0.717, 1.165) is 36.1 Å². The maximum Gasteiger partial charge on any atom is 0.338 e. The number of carbonyl (C=O) groups is 2. The Balaban J connectivity index is 1.19. The molecule has 5 rings (SSSR count). The molecule has 216 valence electrons. The predicted molar refractivity (Wildman–Crippen MR) is 155 cm³/mol. The average Bonchev–Trinajstić information content (AvgIpc) is 3.59. The molecule has 1 amide bonds. The minimum absolute atomic E-state index is 0.186. The summed E-state index contributed by atoms with van der Waals surface area (Å²) in [6, 6.07) is 25.6. The quantitative estimate of drug-likeness (QED) is 0.332. The first-order valence-corrected chi connectivity index (χ1v) is 14.3. The maximum atomic E-state index is 13.2. The molecule has 0 spiro atoms. The number of benzene rings is 3. The fraction of sp³-hybridized carbons (Fsp3) is 0.394. The van der Waals surface area contributed by atoms with Crippen molar-refractivity contribution in [2.45, 2.75) is 64.2 Å². The molecule has 1 N–H and O–H groups in total. The van der Waals surface area contributed by atoms with Crippen molar-refractivity contribution in [2.75, 3.05) is 19.8 Å². The van der Waals surface area contributed by atoms with Gasteiger partial charge in [0.05, 0.1) is 24.8 Å². The number of carbonyl (C=O) groups excluding carboxylic acids is 2. The Morgan fingerprint density at radius 2 is 1.71 bits per heavy atom. The van der Waals surface area contributed by atoms with Crippen LogP contribution in [-0.2, 0) is 30.4 Å². The molecule has 1 unspecified atom stereocenters. The fourth-order valence-corrected chi connectivity index (χ4v) is 5.47. The number of nitrogens with zero attached hydrogens (tertiary/aromatic N) is 1. The molecule has 8 heteroatoms. The number of esters is 1. The fourth-order valence-electron chi connectivity index (χ4n) is 5.47. The van der Waals surface area contributed by atoms with Crippen molar-refractivity contribution in [3.8, 4) is 11.1 Å². The normalized spacial score (nSPS) is 22.0. The lowest BCUT2D eigenvalue weighted by Crippen LogP contribution is -2.43. The Bertz CT molecular complexity index is 1330. The molecule has 2 heterocycles. The van der Waals surface area contributed by atoms with Crippen molar-refractivity contribution >= 4 is 11.9 Å². The molecule has 2 fully saturated rings. The first-order valence-electron chi connectivity index (χ1n) is 14.3. The van der Waals surface area contributed by atoms with E-state index in [-0.39, 0.29) is 24.5 Å². The lowest BCUT2D eigenvalue weighted by molar-refractivity contribution is -0.203. The molecule has 2 aliphatic rings. The smallest absolute Gasteiger partial charge is 0.338 e. The molecule has 8 nitrogen and oxygen atoms in total. The third-order valence-electron chi connectivity index (χ3n) is 7.39. The highest BCUT2D eigenvalue weighted by Crippen LogP contribution is 2.34. The van der Waals surface area contributed by atoms with E-state index >= 15 is 0 Å². The zero-order chi connectivity index (χ0) is 28.8. The standard InChI is InChI=1S/C33H38N2O6/c1-4-38-32(37)27-14-9-8-13-26(27)24-18-16-23(17-19-24)21-34-31(36)30-29(40-33(2,3)41-30)22-39-35-20-10-15-28(35)25-11-6-5-7-12-25/h5-9,11-14,16-19,28-30H,4,10,15,20-22H2,1-3H3,(H,34,36)/t28?,29-,30+/m0/s1. The van der Waals surface area contributed by atoms with E-state index < -0.39 is 18.0 Å². The van der Waals surface area contributed by atoms with E-state index in [4.69, 9.17) is 19.0 Å². The number of nitrogens with one attached hydrogen (secondary N) is 1. The van der Waals surface area contributed by atoms with Gasteiger partial charge >= 0.3 is 5.97 Å². The Labute approximate surface area is 241 Å². The van der Waals surface area contributed by atoms with Crippen molar-refractivity contribution in [3.63, 3.8) is 0 Å². The third-order valence-corrected chi connectivity index (χ3v) is 7.39. The van der Waals surface area contributed by atoms with Crippen LogP contribution in [0.1, 0.15) is 61.1 Å². The van der Waals surface area contributed by atoms with Gasteiger partial charge in [0.1, 0.15) is 6.10 Å². The number of ether oxygens (including phenoxy) is 3. The molecule has 0 aromatic heterocycles. The Morgan fingerprint density at radius 3 is 2.46 bits per heavy atom. The van der Waals surface area contributed by atoms with Crippen LogP contribution in [0, 0.1) is 0 Å². The van der Waals surface area contributed by atoms with E-state index in [1.54, 1.807) is 13.0 Å². The van der Waals surface area contributed by atoms with Crippen LogP contribution < -0.4 is 5.32 Å². The predicted octanol–water partition coefficient (Wildman–Crippen LogP) is 5.44. The second kappa shape index (κ2) is 13.0. The molecule has 3 aromatic carbocycles. The van der Waals surface area contributed by atoms with Crippen LogP contribution in [0.15, 0.2) is 78.9 Å². The third kappa shape index (κ3) is 7.02. The van der Waals surface area contributed by atoms with Crippen molar-refractivity contribution in [1.82, 2.24) is 10.4 Å². The van der Waals surface area contributed by atoms with E-state index in [0.29, 0.717) is 18.7 Å². The summed E-state index contributed by atoms with van der Waals surface area (Å²) < 4.78 is 17.3. The van der Waals surface area contributed by atoms with Gasteiger partial charge in [-0.05, 0) is 61.9 Å². The zero-order valence-corrected chi connectivity index (χ0v) is 23.9. The molecule has 2 aliphatic heterocycles. The number of amides is 1. The molecule has 3 aromatic rings. The molecule has 2 saturated heterocycles. The first-order chi connectivity index (χ1) is 19.8. The monoisotopic (exact) mass is 558 g/mol. The number of hydrogen-bond acceptors (Lipinski definition) is 7. The first kappa shape index (κ1) is 29.0. The molecule has 0 saturated carbocycles. The van der Waals surface area contributed by atoms with Gasteiger partial charge in [0, 0.05) is 13.1 Å². The molecule has 0 radical (unpaired) electrons. The minimum atomic E-state index is -0.895. The van der Waals surface area contributed by atoms with Crippen LogP contribution in [0.3, 0.4) is 0 Å². The van der Waals surface area contributed by atoms with Crippen LogP contribution in [0.2, 0.25) is 0 Å². The van der Waals surface area contributed by atoms with E-state index in [1.807, 2.05) is 79.6 Å². The van der Waals surface area contributed by atoms with Crippen LogP contribution in [0.4, 0.5) is 0 Å². The summed E-state index contributed by atoms with van der Waals surface area (Å²) in [7, 11) is 0. The van der Waals surface area contributed by atoms with Gasteiger partial charge in [-0.2, -0.15) is 5.06 Å². The summed E-state index contributed by atoms with van der Waals surface area (Å²) in [5.74, 6) is -1.49. The lowest BCUT2D eigenvalue weighted by atomic mass is 9.98. The van der Waals surface area contributed by atoms with Crippen molar-refractivity contribution in [1.29, 1.82) is 0 Å². The summed E-state index contributed by atoms with van der Waals surface area (Å²) in [6.07, 6.45) is 0.737. The van der Waals surface area contributed by atoms with E-state index in [2.05, 4.69) is 17.4 Å². The molecule has 3 atom stereocenters. The highest BCUT2D eigenvalue weighted by Gasteiger charge is 2.46. The van der Waals surface area contributed by atoms with Crippen molar-refractivity contribution < 1.29 is 28.6 Å². The van der Waals surface area contributed by atoms with Crippen LogP contribution in [0.5, 0.6) is 0 Å². The highest BCUT2D eigenvalue weighted by atomic mass is 16.8. The topological polar surface area (TPSA) is 86.3 Å². The Hall–Kier alpha value is -3.56. The summed E-state index contributed by atoms with van der Waals surface area (Å²) >= 11 is 0. The SMILES string of the molecule is CCOC(=O)c1ccccc1-c1ccc(CNC(=O)[C@@H]2OC(C)(C)O[C@H]2CON2CCCC2c2ccccc2)cc1. The van der Waals surface area contributed by atoms with E-state index in [1.165, 1.54) is 5.56 Å². The molecule has 0 aliphatic carbocycles. The molecular formula is C33H38N2O6. The van der Waals surface area contributed by atoms with Gasteiger partial charge in [-0.25, -0.2) is 4.79 Å². The largest absolute Gasteiger partial charge is 0.462 e. The number of hydrogen-bond donors (Lipinski definition) is 1. The molecule has 41 heavy (non-hydrogen) atoms. The summed E-state index contributed by atoms with van der Waals surface area (Å²) in [4.78, 5) is 31.8. The van der Waals surface area contributed by atoms with E-state index in [9.17, 15) is 9.59 Å². The van der Waals surface area contributed by atoms with Crippen molar-refractivity contribution in [2.24, 2.45) is 0 Å². The molecule has 0 bridgehead atoms. The minimum Gasteiger partial charge on any atom is -0.462 e. The zero-order valence-electron chi connectivity index (χ0n) is 23.9. The van der Waals surface area contributed by atoms with Gasteiger partial charge in [0.25, 0.3) is 5.91 Å². The lowest BCUT2D eigenvalue weighted by Gasteiger charge is -2.26. The maximum absolute atomic E-state index is 13.2. The van der Waals surface area contributed by atoms with Gasteiger partial charge in [0.2, 0.25) is 0 Å². The van der Waals surface area contributed by atoms with Gasteiger partial charge < -0.3 is 19.5 Å². The van der Waals surface area contributed by atoms with Gasteiger partial charge in [-0.3, -0.25) is 9.63 Å². The average molecular weight is 559 g/mol. The number of hydroxylamine groups is 2. The summed E-state index contributed by atoms with van der Waals surface area (Å²) in [5.41, 5.74) is 4.36. The Morgan fingerprint density at radius 1 is 0.976 bits per heavy atom. The van der Waals surface area contributed by atoms with Gasteiger partial charge in [0.15, 0.2) is 11.9 Å². The summed E-state index contributed by atoms with van der Waals surface area (Å²) in [5, 5.41) is 4.99. The van der Waals surface area contributed by atoms with Gasteiger partial charge in [-0.15, -0.1) is 0 Å². The summed E-state index contributed by atoms with van der Waals surface area (Å²) in [6.45, 7) is 7.10. The van der Waals surface area contributed by atoms with Crippen LogP contribution in [0.25, 0.3) is 11.1 Å². The van der Waals surface area contributed by atoms with Gasteiger partial charge in [-0.1, -0.05) is 72.8 Å². The second-order valence-corrected chi connectivity index (χ2v) is 10.8. The highest BCUT2D eigenvalue weighted by molar-refractivity contribution is 5.97. The molecular weight excluding hydrogens is 520 g/mol. The van der Waals surface area contributed by atoms with Crippen LogP contribution in [-0.4, -0.2) is 54.7 Å². The van der Waals surface area contributed by atoms with Crippen molar-refractivity contribution in [3.05, 3.63) is 95.6 Å². The number of rotatable bonds is 10.